The average molecular weight is 335 g/mol. The zero-order valence-corrected chi connectivity index (χ0v) is 15.3. The van der Waals surface area contributed by atoms with Gasteiger partial charge in [-0.05, 0) is 38.7 Å². The number of nitrogens with one attached hydrogen (secondary N) is 1. The van der Waals surface area contributed by atoms with Crippen LogP contribution in [-0.2, 0) is 25.6 Å². The molecule has 0 aromatic heterocycles. The Hall–Kier alpha value is -1.88. The summed E-state index contributed by atoms with van der Waals surface area (Å²) in [6, 6.07) is 7.89. The highest BCUT2D eigenvalue weighted by Crippen LogP contribution is 2.05. The fourth-order valence-corrected chi connectivity index (χ4v) is 1.91. The van der Waals surface area contributed by atoms with E-state index in [1.165, 1.54) is 5.56 Å². The van der Waals surface area contributed by atoms with Crippen molar-refractivity contribution in [2.75, 3.05) is 6.61 Å². The van der Waals surface area contributed by atoms with Gasteiger partial charge in [0.25, 0.3) is 5.91 Å². The van der Waals surface area contributed by atoms with Crippen LogP contribution in [0.4, 0.5) is 0 Å². The van der Waals surface area contributed by atoms with Gasteiger partial charge in [0.15, 0.2) is 12.2 Å². The number of ether oxygens (including phenoxy) is 2. The minimum Gasteiger partial charge on any atom is -0.451 e. The summed E-state index contributed by atoms with van der Waals surface area (Å²) < 4.78 is 10.6. The highest BCUT2D eigenvalue weighted by atomic mass is 16.6. The molecule has 1 amide bonds. The van der Waals surface area contributed by atoms with Crippen LogP contribution < -0.4 is 5.32 Å². The third-order valence-electron chi connectivity index (χ3n) is 3.64. The zero-order valence-electron chi connectivity index (χ0n) is 15.3. The minimum absolute atomic E-state index is 0.321. The molecule has 0 saturated heterocycles. The first kappa shape index (κ1) is 20.2. The molecular formula is C19H29NO4. The maximum Gasteiger partial charge on any atom is 0.335 e. The van der Waals surface area contributed by atoms with E-state index in [-0.39, 0.29) is 5.91 Å². The van der Waals surface area contributed by atoms with Gasteiger partial charge < -0.3 is 14.8 Å². The molecule has 1 N–H and O–H groups in total. The second kappa shape index (κ2) is 10.1. The van der Waals surface area contributed by atoms with Crippen LogP contribution in [0.3, 0.4) is 0 Å². The van der Waals surface area contributed by atoms with E-state index in [1.807, 2.05) is 31.2 Å². The van der Waals surface area contributed by atoms with Crippen LogP contribution in [0.1, 0.15) is 45.2 Å². The largest absolute Gasteiger partial charge is 0.451 e. The van der Waals surface area contributed by atoms with Gasteiger partial charge in [0, 0.05) is 13.2 Å². The lowest BCUT2D eigenvalue weighted by molar-refractivity contribution is -0.165. The van der Waals surface area contributed by atoms with Crippen molar-refractivity contribution in [3.05, 3.63) is 35.4 Å². The Labute approximate surface area is 144 Å². The Bertz CT molecular complexity index is 525. The monoisotopic (exact) mass is 335 g/mol. The molecule has 1 aromatic carbocycles. The van der Waals surface area contributed by atoms with Crippen molar-refractivity contribution >= 4 is 11.9 Å². The Morgan fingerprint density at radius 3 is 2.25 bits per heavy atom. The predicted octanol–water partition coefficient (Wildman–Crippen LogP) is 2.99. The molecule has 2 unspecified atom stereocenters. The van der Waals surface area contributed by atoms with Gasteiger partial charge in [-0.15, -0.1) is 0 Å². The molecule has 0 bridgehead atoms. The second-order valence-electron chi connectivity index (χ2n) is 6.48. The number of hydrogen-bond acceptors (Lipinski definition) is 4. The second-order valence-corrected chi connectivity index (χ2v) is 6.48. The molecule has 2 atom stereocenters. The predicted molar refractivity (Wildman–Crippen MR) is 93.4 cm³/mol. The number of aryl methyl sites for hydroxylation is 1. The van der Waals surface area contributed by atoms with Gasteiger partial charge in [-0.25, -0.2) is 4.79 Å². The third kappa shape index (κ3) is 7.59. The number of carbonyl (C=O) groups is 2. The van der Waals surface area contributed by atoms with E-state index >= 15 is 0 Å². The van der Waals surface area contributed by atoms with E-state index in [0.717, 1.165) is 12.0 Å². The average Bonchev–Trinajstić information content (AvgIpc) is 2.53. The van der Waals surface area contributed by atoms with E-state index in [1.54, 1.807) is 13.8 Å². The standard InChI is InChI=1S/C19H29NO4/c1-13(2)10-11-23-16(5)19(22)24-15(4)18(21)20-12-17-8-6-14(3)7-9-17/h6-9,13,15-16H,10-12H2,1-5H3,(H,20,21). The Morgan fingerprint density at radius 1 is 1.04 bits per heavy atom. The summed E-state index contributed by atoms with van der Waals surface area (Å²) in [7, 11) is 0. The summed E-state index contributed by atoms with van der Waals surface area (Å²) in [4.78, 5) is 23.9. The van der Waals surface area contributed by atoms with Crippen molar-refractivity contribution in [2.45, 2.75) is 59.8 Å². The van der Waals surface area contributed by atoms with Gasteiger partial charge in [-0.2, -0.15) is 0 Å². The lowest BCUT2D eigenvalue weighted by Crippen LogP contribution is -2.38. The van der Waals surface area contributed by atoms with Crippen LogP contribution in [0.15, 0.2) is 24.3 Å². The van der Waals surface area contributed by atoms with Crippen LogP contribution in [0.2, 0.25) is 0 Å². The lowest BCUT2D eigenvalue weighted by Gasteiger charge is -2.17. The highest BCUT2D eigenvalue weighted by Gasteiger charge is 2.22. The zero-order chi connectivity index (χ0) is 18.1. The third-order valence-corrected chi connectivity index (χ3v) is 3.64. The van der Waals surface area contributed by atoms with Gasteiger partial charge >= 0.3 is 5.97 Å². The maximum atomic E-state index is 12.0. The summed E-state index contributed by atoms with van der Waals surface area (Å²) in [6.07, 6.45) is -0.639. The molecule has 5 nitrogen and oxygen atoms in total. The summed E-state index contributed by atoms with van der Waals surface area (Å²) in [5, 5.41) is 2.76. The first-order valence-corrected chi connectivity index (χ1v) is 8.45. The van der Waals surface area contributed by atoms with Crippen molar-refractivity contribution < 1.29 is 19.1 Å². The molecule has 0 spiro atoms. The minimum atomic E-state index is -0.848. The van der Waals surface area contributed by atoms with Crippen LogP contribution >= 0.6 is 0 Å². The molecule has 1 rings (SSSR count). The van der Waals surface area contributed by atoms with E-state index < -0.39 is 18.2 Å². The van der Waals surface area contributed by atoms with Gasteiger partial charge in [-0.3, -0.25) is 4.79 Å². The van der Waals surface area contributed by atoms with E-state index in [0.29, 0.717) is 19.1 Å². The quantitative estimate of drug-likeness (QED) is 0.705. The molecule has 0 heterocycles. The van der Waals surface area contributed by atoms with Crippen molar-refractivity contribution in [1.82, 2.24) is 5.32 Å². The van der Waals surface area contributed by atoms with Gasteiger partial charge in [0.2, 0.25) is 0 Å². The fourth-order valence-electron chi connectivity index (χ4n) is 1.91. The number of carbonyl (C=O) groups excluding carboxylic acids is 2. The summed E-state index contributed by atoms with van der Waals surface area (Å²) in [5.41, 5.74) is 2.16. The van der Waals surface area contributed by atoms with E-state index in [2.05, 4.69) is 19.2 Å². The highest BCUT2D eigenvalue weighted by molar-refractivity contribution is 5.84. The Balaban J connectivity index is 2.34. The van der Waals surface area contributed by atoms with Crippen LogP contribution in [0.5, 0.6) is 0 Å². The summed E-state index contributed by atoms with van der Waals surface area (Å²) in [6.45, 7) is 10.3. The van der Waals surface area contributed by atoms with E-state index in [9.17, 15) is 9.59 Å². The fraction of sp³-hybridized carbons (Fsp3) is 0.579. The SMILES string of the molecule is Cc1ccc(CNC(=O)C(C)OC(=O)C(C)OCCC(C)C)cc1. The molecule has 5 heteroatoms. The van der Waals surface area contributed by atoms with Crippen molar-refractivity contribution in [1.29, 1.82) is 0 Å². The van der Waals surface area contributed by atoms with Crippen molar-refractivity contribution in [3.63, 3.8) is 0 Å². The molecule has 0 aliphatic rings. The number of esters is 1. The Morgan fingerprint density at radius 2 is 1.67 bits per heavy atom. The smallest absolute Gasteiger partial charge is 0.335 e. The maximum absolute atomic E-state index is 12.0. The molecule has 134 valence electrons. The number of benzene rings is 1. The van der Waals surface area contributed by atoms with Crippen molar-refractivity contribution in [2.24, 2.45) is 5.92 Å². The van der Waals surface area contributed by atoms with Crippen molar-refractivity contribution in [3.8, 4) is 0 Å². The molecule has 0 fully saturated rings. The Kier molecular flexibility index (Phi) is 8.47. The molecule has 0 radical (unpaired) electrons. The molecule has 24 heavy (non-hydrogen) atoms. The number of amides is 1. The molecule has 0 aliphatic carbocycles. The molecule has 0 saturated carbocycles. The first-order chi connectivity index (χ1) is 11.3. The van der Waals surface area contributed by atoms with Crippen LogP contribution in [-0.4, -0.2) is 30.7 Å². The number of rotatable bonds is 9. The first-order valence-electron chi connectivity index (χ1n) is 8.45. The topological polar surface area (TPSA) is 64.6 Å². The van der Waals surface area contributed by atoms with Gasteiger partial charge in [0.05, 0.1) is 0 Å². The lowest BCUT2D eigenvalue weighted by atomic mass is 10.1. The number of hydrogen-bond donors (Lipinski definition) is 1. The summed E-state index contributed by atoms with van der Waals surface area (Å²) in [5.74, 6) is -0.324. The van der Waals surface area contributed by atoms with Crippen LogP contribution in [0, 0.1) is 12.8 Å². The normalized spacial score (nSPS) is 13.4. The summed E-state index contributed by atoms with van der Waals surface area (Å²) >= 11 is 0. The molecule has 0 aliphatic heterocycles. The van der Waals surface area contributed by atoms with Crippen LogP contribution in [0.25, 0.3) is 0 Å². The van der Waals surface area contributed by atoms with Gasteiger partial charge in [-0.1, -0.05) is 43.7 Å². The van der Waals surface area contributed by atoms with Gasteiger partial charge in [0.1, 0.15) is 0 Å². The van der Waals surface area contributed by atoms with E-state index in [4.69, 9.17) is 9.47 Å². The molecular weight excluding hydrogens is 306 g/mol. The molecule has 1 aromatic rings.